The van der Waals surface area contributed by atoms with Crippen LogP contribution in [-0.2, 0) is 0 Å². The second-order valence-electron chi connectivity index (χ2n) is 10.6. The molecule has 2 aliphatic carbocycles. The number of hydrogen-bond acceptors (Lipinski definition) is 0. The summed E-state index contributed by atoms with van der Waals surface area (Å²) < 4.78 is 0. The molecular formula is C38H36P2. The number of hydrogen-bond donors (Lipinski definition) is 0. The lowest BCUT2D eigenvalue weighted by molar-refractivity contribution is 0.597. The lowest BCUT2D eigenvalue weighted by Gasteiger charge is -2.35. The fourth-order valence-electron chi connectivity index (χ4n) is 6.35. The zero-order chi connectivity index (χ0) is 27.3. The Kier molecular flexibility index (Phi) is 8.39. The van der Waals surface area contributed by atoms with Crippen molar-refractivity contribution in [2.45, 2.75) is 25.2 Å². The summed E-state index contributed by atoms with van der Waals surface area (Å²) in [6.45, 7) is 4.92. The van der Waals surface area contributed by atoms with Crippen LogP contribution in [0.5, 0.6) is 0 Å². The predicted molar refractivity (Wildman–Crippen MR) is 178 cm³/mol. The van der Waals surface area contributed by atoms with E-state index in [1.165, 1.54) is 21.2 Å². The Bertz CT molecular complexity index is 1320. The fourth-order valence-corrected chi connectivity index (χ4v) is 11.8. The molecule has 0 nitrogen and oxygen atoms in total. The Hall–Kier alpha value is -3.30. The molecule has 2 unspecified atom stereocenters. The minimum absolute atomic E-state index is 0.392. The molecule has 2 heteroatoms. The maximum atomic E-state index is 2.46. The van der Waals surface area contributed by atoms with Crippen molar-refractivity contribution in [1.82, 2.24) is 0 Å². The van der Waals surface area contributed by atoms with Crippen molar-refractivity contribution in [2.24, 2.45) is 11.8 Å². The minimum atomic E-state index is -0.526. The molecule has 0 bridgehead atoms. The van der Waals surface area contributed by atoms with E-state index < -0.39 is 15.8 Å². The molecule has 0 amide bonds. The van der Waals surface area contributed by atoms with Gasteiger partial charge in [-0.1, -0.05) is 183 Å². The van der Waals surface area contributed by atoms with Crippen LogP contribution < -0.4 is 21.2 Å². The molecule has 4 aromatic carbocycles. The Labute approximate surface area is 242 Å². The van der Waals surface area contributed by atoms with Crippen molar-refractivity contribution < 1.29 is 0 Å². The molecule has 0 saturated carbocycles. The van der Waals surface area contributed by atoms with Gasteiger partial charge in [-0.15, -0.1) is 0 Å². The van der Waals surface area contributed by atoms with Gasteiger partial charge in [0.2, 0.25) is 0 Å². The van der Waals surface area contributed by atoms with Crippen molar-refractivity contribution >= 4 is 37.1 Å². The first-order valence-electron chi connectivity index (χ1n) is 14.3. The molecule has 4 aromatic rings. The van der Waals surface area contributed by atoms with Crippen LogP contribution in [0.3, 0.4) is 0 Å². The van der Waals surface area contributed by atoms with Gasteiger partial charge in [0.05, 0.1) is 0 Å². The van der Waals surface area contributed by atoms with Gasteiger partial charge in [0, 0.05) is 23.2 Å². The maximum Gasteiger partial charge on any atom is 0.00901 e. The van der Waals surface area contributed by atoms with Gasteiger partial charge >= 0.3 is 0 Å². The van der Waals surface area contributed by atoms with E-state index in [0.29, 0.717) is 23.2 Å². The largest absolute Gasteiger partial charge is 0.0764 e. The average molecular weight is 555 g/mol. The zero-order valence-electron chi connectivity index (χ0n) is 23.2. The smallest absolute Gasteiger partial charge is 0.00901 e. The molecule has 0 aliphatic heterocycles. The van der Waals surface area contributed by atoms with E-state index in [-0.39, 0.29) is 0 Å². The second-order valence-corrected chi connectivity index (χ2v) is 15.7. The van der Waals surface area contributed by atoms with E-state index >= 15 is 0 Å². The standard InChI is InChI=1S/C38H36P2/c1-29(39(31-17-7-3-8-18-31)32-19-9-4-10-20-32)35-25-15-27-37(35)38-28-16-26-36(38)30(2)40(33-21-11-5-12-22-33)34-23-13-6-14-24-34/h3-30,37-38H,1-2H3/t29-,30-,37?,38?/m1/s1. The van der Waals surface area contributed by atoms with Crippen molar-refractivity contribution in [3.63, 3.8) is 0 Å². The highest BCUT2D eigenvalue weighted by molar-refractivity contribution is 7.74. The van der Waals surface area contributed by atoms with Crippen molar-refractivity contribution in [1.29, 1.82) is 0 Å². The van der Waals surface area contributed by atoms with Crippen LogP contribution >= 0.6 is 15.8 Å². The van der Waals surface area contributed by atoms with E-state index in [4.69, 9.17) is 0 Å². The molecule has 0 heterocycles. The highest BCUT2D eigenvalue weighted by atomic mass is 31.1. The molecule has 0 spiro atoms. The van der Waals surface area contributed by atoms with Crippen LogP contribution in [0.25, 0.3) is 0 Å². The van der Waals surface area contributed by atoms with Gasteiger partial charge in [0.1, 0.15) is 0 Å². The Morgan fingerprint density at radius 1 is 0.425 bits per heavy atom. The molecule has 0 fully saturated rings. The lowest BCUT2D eigenvalue weighted by atomic mass is 9.82. The van der Waals surface area contributed by atoms with Gasteiger partial charge in [0.25, 0.3) is 0 Å². The summed E-state index contributed by atoms with van der Waals surface area (Å²) in [4.78, 5) is 0. The molecule has 198 valence electrons. The first-order chi connectivity index (χ1) is 19.7. The Balaban J connectivity index is 1.32. The number of benzene rings is 4. The predicted octanol–water partition coefficient (Wildman–Crippen LogP) is 8.25. The molecule has 4 atom stereocenters. The normalized spacial score (nSPS) is 19.6. The first-order valence-corrected chi connectivity index (χ1v) is 17.1. The molecule has 0 radical (unpaired) electrons. The van der Waals surface area contributed by atoms with Crippen LogP contribution in [0.2, 0.25) is 0 Å². The topological polar surface area (TPSA) is 0 Å². The van der Waals surface area contributed by atoms with Crippen molar-refractivity contribution in [2.75, 3.05) is 0 Å². The third kappa shape index (κ3) is 5.49. The lowest BCUT2D eigenvalue weighted by Crippen LogP contribution is -2.28. The molecular weight excluding hydrogens is 518 g/mol. The van der Waals surface area contributed by atoms with E-state index in [2.05, 4.69) is 172 Å². The van der Waals surface area contributed by atoms with Crippen molar-refractivity contribution in [3.05, 3.63) is 169 Å². The molecule has 40 heavy (non-hydrogen) atoms. The van der Waals surface area contributed by atoms with E-state index in [1.807, 2.05) is 0 Å². The highest BCUT2D eigenvalue weighted by Crippen LogP contribution is 2.52. The van der Waals surface area contributed by atoms with Gasteiger partial charge in [0.15, 0.2) is 0 Å². The van der Waals surface area contributed by atoms with E-state index in [1.54, 1.807) is 11.1 Å². The van der Waals surface area contributed by atoms with Crippen LogP contribution in [0, 0.1) is 11.8 Å². The number of allylic oxidation sites excluding steroid dienone is 8. The fraction of sp³-hybridized carbons (Fsp3) is 0.158. The molecule has 0 N–H and O–H groups in total. The SMILES string of the molecule is C[C@H](C1=CC=CC1C1C=CC=C1[C@@H](C)P(c1ccccc1)c1ccccc1)P(c1ccccc1)c1ccccc1. The van der Waals surface area contributed by atoms with Crippen molar-refractivity contribution in [3.8, 4) is 0 Å². The second kappa shape index (κ2) is 12.5. The van der Waals surface area contributed by atoms with Gasteiger partial charge in [-0.25, -0.2) is 0 Å². The van der Waals surface area contributed by atoms with Gasteiger partial charge in [-0.2, -0.15) is 0 Å². The quantitative estimate of drug-likeness (QED) is 0.183. The Morgan fingerprint density at radius 3 is 0.975 bits per heavy atom. The molecule has 6 rings (SSSR count). The molecule has 0 saturated heterocycles. The summed E-state index contributed by atoms with van der Waals surface area (Å²) in [5.74, 6) is 0.784. The highest BCUT2D eigenvalue weighted by Gasteiger charge is 2.37. The summed E-state index contributed by atoms with van der Waals surface area (Å²) in [6, 6.07) is 44.6. The Morgan fingerprint density at radius 2 is 0.700 bits per heavy atom. The van der Waals surface area contributed by atoms with Gasteiger partial charge in [-0.05, 0) is 37.1 Å². The summed E-state index contributed by atoms with van der Waals surface area (Å²) in [6.07, 6.45) is 14.4. The summed E-state index contributed by atoms with van der Waals surface area (Å²) >= 11 is 0. The first kappa shape index (κ1) is 26.9. The van der Waals surface area contributed by atoms with Crippen LogP contribution in [0.4, 0.5) is 0 Å². The zero-order valence-corrected chi connectivity index (χ0v) is 25.0. The molecule has 2 aliphatic rings. The van der Waals surface area contributed by atoms with Gasteiger partial charge < -0.3 is 0 Å². The molecule has 0 aromatic heterocycles. The number of rotatable bonds is 9. The van der Waals surface area contributed by atoms with Crippen LogP contribution in [-0.4, -0.2) is 11.3 Å². The third-order valence-electron chi connectivity index (χ3n) is 8.25. The van der Waals surface area contributed by atoms with E-state index in [9.17, 15) is 0 Å². The monoisotopic (exact) mass is 554 g/mol. The minimum Gasteiger partial charge on any atom is -0.0764 e. The summed E-state index contributed by atoms with van der Waals surface area (Å²) in [7, 11) is -1.05. The average Bonchev–Trinajstić information content (AvgIpc) is 3.70. The summed E-state index contributed by atoms with van der Waals surface area (Å²) in [5.41, 5.74) is 4.01. The van der Waals surface area contributed by atoms with E-state index in [0.717, 1.165) is 0 Å². The third-order valence-corrected chi connectivity index (χ3v) is 13.8. The van der Waals surface area contributed by atoms with Crippen LogP contribution in [0.15, 0.2) is 169 Å². The summed E-state index contributed by atoms with van der Waals surface area (Å²) in [5, 5.41) is 5.80. The maximum absolute atomic E-state index is 2.46. The van der Waals surface area contributed by atoms with Gasteiger partial charge in [-0.3, -0.25) is 0 Å². The van der Waals surface area contributed by atoms with Crippen LogP contribution in [0.1, 0.15) is 13.8 Å².